The second-order valence-corrected chi connectivity index (χ2v) is 9.40. The van der Waals surface area contributed by atoms with Crippen LogP contribution in [-0.2, 0) is 14.3 Å². The Labute approximate surface area is 219 Å². The molecule has 0 unspecified atom stereocenters. The van der Waals surface area contributed by atoms with Gasteiger partial charge in [0.25, 0.3) is 0 Å². The summed E-state index contributed by atoms with van der Waals surface area (Å²) in [5.74, 6) is -1.09. The summed E-state index contributed by atoms with van der Waals surface area (Å²) < 4.78 is 24.6. The first-order chi connectivity index (χ1) is 17.7. The monoisotopic (exact) mass is 523 g/mol. The zero-order valence-electron chi connectivity index (χ0n) is 20.6. The molecule has 0 spiro atoms. The van der Waals surface area contributed by atoms with Gasteiger partial charge in [0.15, 0.2) is 6.10 Å². The van der Waals surface area contributed by atoms with Crippen LogP contribution in [0, 0.1) is 25.6 Å². The van der Waals surface area contributed by atoms with Crippen molar-refractivity contribution < 1.29 is 28.2 Å². The van der Waals surface area contributed by atoms with E-state index in [0.717, 1.165) is 11.3 Å². The van der Waals surface area contributed by atoms with Crippen molar-refractivity contribution in [3.63, 3.8) is 0 Å². The van der Waals surface area contributed by atoms with Crippen LogP contribution in [0.4, 0.5) is 10.1 Å². The van der Waals surface area contributed by atoms with Crippen molar-refractivity contribution in [2.24, 2.45) is 5.92 Å². The van der Waals surface area contributed by atoms with Crippen molar-refractivity contribution in [1.82, 2.24) is 0 Å². The number of esters is 1. The molecule has 0 bridgehead atoms. The summed E-state index contributed by atoms with van der Waals surface area (Å²) in [5.41, 5.74) is 3.16. The molecule has 1 amide bonds. The molecule has 8 heteroatoms. The minimum atomic E-state index is -1.11. The first-order valence-corrected chi connectivity index (χ1v) is 12.5. The molecule has 1 saturated heterocycles. The maximum Gasteiger partial charge on any atom is 0.312 e. The lowest BCUT2D eigenvalue weighted by molar-refractivity contribution is -0.151. The van der Waals surface area contributed by atoms with Crippen LogP contribution in [0.3, 0.4) is 0 Å². The lowest BCUT2D eigenvalue weighted by atomic mass is 10.0. The van der Waals surface area contributed by atoms with E-state index >= 15 is 0 Å². The van der Waals surface area contributed by atoms with Gasteiger partial charge in [0.1, 0.15) is 17.3 Å². The molecular weight excluding hydrogens is 497 g/mol. The van der Waals surface area contributed by atoms with E-state index in [9.17, 15) is 18.8 Å². The van der Waals surface area contributed by atoms with Gasteiger partial charge in [0, 0.05) is 36.5 Å². The number of carbonyl (C=O) groups is 3. The molecule has 4 rings (SSSR count). The summed E-state index contributed by atoms with van der Waals surface area (Å²) in [5, 5.41) is 0. The van der Waals surface area contributed by atoms with E-state index in [1.165, 1.54) is 34.7 Å². The number of Topliss-reactive ketones (excluding diaryl/α,β-unsaturated/α-hetero) is 1. The number of carbonyl (C=O) groups excluding carboxylic acids is 3. The zero-order chi connectivity index (χ0) is 26.5. The number of hydrogen-bond acceptors (Lipinski definition) is 5. The molecule has 6 nitrogen and oxygen atoms in total. The number of halogens is 2. The second kappa shape index (κ2) is 11.6. The molecule has 3 aromatic carbocycles. The van der Waals surface area contributed by atoms with E-state index in [2.05, 4.69) is 0 Å². The molecule has 3 aromatic rings. The third-order valence-electron chi connectivity index (χ3n) is 6.37. The largest absolute Gasteiger partial charge is 0.457 e. The summed E-state index contributed by atoms with van der Waals surface area (Å²) in [4.78, 5) is 39.9. The van der Waals surface area contributed by atoms with Crippen LogP contribution in [0.1, 0.15) is 34.3 Å². The Morgan fingerprint density at radius 3 is 2.32 bits per heavy atom. The van der Waals surface area contributed by atoms with E-state index < -0.39 is 29.6 Å². The van der Waals surface area contributed by atoms with Gasteiger partial charge in [-0.25, -0.2) is 4.39 Å². The Morgan fingerprint density at radius 2 is 1.68 bits per heavy atom. The minimum Gasteiger partial charge on any atom is -0.457 e. The van der Waals surface area contributed by atoms with Gasteiger partial charge in [-0.3, -0.25) is 14.4 Å². The van der Waals surface area contributed by atoms with Crippen LogP contribution >= 0.6 is 11.6 Å². The first kappa shape index (κ1) is 26.4. The van der Waals surface area contributed by atoms with Crippen LogP contribution < -0.4 is 9.64 Å². The van der Waals surface area contributed by atoms with Crippen LogP contribution in [-0.4, -0.2) is 36.2 Å². The van der Waals surface area contributed by atoms with Crippen LogP contribution in [0.15, 0.2) is 66.7 Å². The number of amides is 1. The highest BCUT2D eigenvalue weighted by atomic mass is 35.5. The van der Waals surface area contributed by atoms with E-state index in [1.807, 2.05) is 32.0 Å². The molecule has 1 fully saturated rings. The maximum atomic E-state index is 13.2. The lowest BCUT2D eigenvalue weighted by Crippen LogP contribution is -2.32. The standard InChI is InChI=1S/C29H27ClFNO5/c1-18-3-10-25(15-19(18)2)36-24-11-8-23(9-12-24)32-17-21(16-27(32)33)29(35)37-26(13-14-30)28(34)20-4-6-22(31)7-5-20/h3-12,15,21,26H,13-14,16-17H2,1-2H3/t21-,26-/m1/s1. The van der Waals surface area contributed by atoms with Gasteiger partial charge in [-0.15, -0.1) is 11.6 Å². The molecule has 192 valence electrons. The number of anilines is 1. The third kappa shape index (κ3) is 6.35. The molecule has 1 aliphatic heterocycles. The number of hydrogen-bond donors (Lipinski definition) is 0. The lowest BCUT2D eigenvalue weighted by Gasteiger charge is -2.19. The summed E-state index contributed by atoms with van der Waals surface area (Å²) in [6.45, 7) is 4.18. The highest BCUT2D eigenvalue weighted by Gasteiger charge is 2.38. The van der Waals surface area contributed by atoms with Gasteiger partial charge >= 0.3 is 5.97 Å². The van der Waals surface area contributed by atoms with E-state index in [-0.39, 0.29) is 36.7 Å². The van der Waals surface area contributed by atoms with Gasteiger partial charge < -0.3 is 14.4 Å². The summed E-state index contributed by atoms with van der Waals surface area (Å²) >= 11 is 5.82. The van der Waals surface area contributed by atoms with Gasteiger partial charge in [-0.05, 0) is 85.6 Å². The third-order valence-corrected chi connectivity index (χ3v) is 6.59. The molecule has 0 aliphatic carbocycles. The Morgan fingerprint density at radius 1 is 1.00 bits per heavy atom. The Kier molecular flexibility index (Phi) is 8.24. The number of ketones is 1. The minimum absolute atomic E-state index is 0.0297. The topological polar surface area (TPSA) is 72.9 Å². The average molecular weight is 524 g/mol. The van der Waals surface area contributed by atoms with Gasteiger partial charge in [0.2, 0.25) is 11.7 Å². The van der Waals surface area contributed by atoms with Crippen molar-refractivity contribution in [3.8, 4) is 11.5 Å². The number of nitrogens with zero attached hydrogens (tertiary/aromatic N) is 1. The fourth-order valence-electron chi connectivity index (χ4n) is 4.10. The van der Waals surface area contributed by atoms with Crippen molar-refractivity contribution in [2.45, 2.75) is 32.8 Å². The van der Waals surface area contributed by atoms with Crippen molar-refractivity contribution in [2.75, 3.05) is 17.3 Å². The number of benzene rings is 3. The molecule has 0 radical (unpaired) electrons. The quantitative estimate of drug-likeness (QED) is 0.195. The second-order valence-electron chi connectivity index (χ2n) is 9.02. The smallest absolute Gasteiger partial charge is 0.312 e. The van der Waals surface area contributed by atoms with Crippen LogP contribution in [0.25, 0.3) is 0 Å². The fourth-order valence-corrected chi connectivity index (χ4v) is 4.30. The van der Waals surface area contributed by atoms with Crippen LogP contribution in [0.5, 0.6) is 11.5 Å². The summed E-state index contributed by atoms with van der Waals surface area (Å²) in [7, 11) is 0. The molecule has 1 aliphatic rings. The SMILES string of the molecule is Cc1ccc(Oc2ccc(N3C[C@H](C(=O)O[C@H](CCCl)C(=O)c4ccc(F)cc4)CC3=O)cc2)cc1C. The number of rotatable bonds is 9. The predicted molar refractivity (Wildman–Crippen MR) is 139 cm³/mol. The Bertz CT molecular complexity index is 1290. The molecule has 1 heterocycles. The number of ether oxygens (including phenoxy) is 2. The molecule has 0 saturated carbocycles. The fraction of sp³-hybridized carbons (Fsp3) is 0.276. The molecule has 37 heavy (non-hydrogen) atoms. The molecule has 0 aromatic heterocycles. The average Bonchev–Trinajstić information content (AvgIpc) is 3.28. The first-order valence-electron chi connectivity index (χ1n) is 12.0. The Balaban J connectivity index is 1.39. The Hall–Kier alpha value is -3.71. The molecular formula is C29H27ClFNO5. The zero-order valence-corrected chi connectivity index (χ0v) is 21.3. The van der Waals surface area contributed by atoms with Gasteiger partial charge in [-0.1, -0.05) is 6.07 Å². The van der Waals surface area contributed by atoms with Crippen molar-refractivity contribution >= 4 is 34.9 Å². The van der Waals surface area contributed by atoms with Crippen LogP contribution in [0.2, 0.25) is 0 Å². The van der Waals surface area contributed by atoms with E-state index in [4.69, 9.17) is 21.1 Å². The summed E-state index contributed by atoms with van der Waals surface area (Å²) in [6.07, 6.45) is -1.03. The highest BCUT2D eigenvalue weighted by Crippen LogP contribution is 2.30. The predicted octanol–water partition coefficient (Wildman–Crippen LogP) is 6.01. The maximum absolute atomic E-state index is 13.2. The normalized spacial score (nSPS) is 15.9. The highest BCUT2D eigenvalue weighted by molar-refractivity contribution is 6.18. The number of aryl methyl sites for hydroxylation is 2. The summed E-state index contributed by atoms with van der Waals surface area (Å²) in [6, 6.07) is 17.9. The van der Waals surface area contributed by atoms with Crippen molar-refractivity contribution in [3.05, 3.63) is 89.2 Å². The molecule has 2 atom stereocenters. The molecule has 0 N–H and O–H groups in total. The van der Waals surface area contributed by atoms with E-state index in [1.54, 1.807) is 24.3 Å². The van der Waals surface area contributed by atoms with Gasteiger partial charge in [0.05, 0.1) is 5.92 Å². The van der Waals surface area contributed by atoms with Gasteiger partial charge in [-0.2, -0.15) is 0 Å². The van der Waals surface area contributed by atoms with E-state index in [0.29, 0.717) is 11.4 Å². The van der Waals surface area contributed by atoms with Crippen molar-refractivity contribution in [1.29, 1.82) is 0 Å². The number of alkyl halides is 1.